The molecule has 0 bridgehead atoms. The van der Waals surface area contributed by atoms with Crippen LogP contribution in [0.15, 0.2) is 54.7 Å². The van der Waals surface area contributed by atoms with Crippen LogP contribution in [-0.2, 0) is 14.3 Å². The van der Waals surface area contributed by atoms with Gasteiger partial charge in [-0.1, -0.05) is 18.2 Å². The molecule has 2 heterocycles. The number of nitrogens with zero attached hydrogens (tertiary/aromatic N) is 3. The first-order valence-corrected chi connectivity index (χ1v) is 13.9. The SMILES string of the molecule is Cc1nsc(Nc2cnc3ccccc3n2)c1C(=O)Nc1cccc(C(=O)N[C@@H](CCC(N)=O)C(=O)OC(C)(C)C)c1. The van der Waals surface area contributed by atoms with Gasteiger partial charge in [-0.05, 0) is 76.0 Å². The Morgan fingerprint density at radius 2 is 1.76 bits per heavy atom. The van der Waals surface area contributed by atoms with Crippen LogP contribution in [0.2, 0.25) is 0 Å². The van der Waals surface area contributed by atoms with Crippen molar-refractivity contribution in [2.75, 3.05) is 10.6 Å². The van der Waals surface area contributed by atoms with E-state index in [2.05, 4.69) is 30.3 Å². The fraction of sp³-hybridized carbons (Fsp3) is 0.276. The number of benzene rings is 2. The normalized spacial score (nSPS) is 11.9. The highest BCUT2D eigenvalue weighted by atomic mass is 32.1. The number of esters is 1. The van der Waals surface area contributed by atoms with Crippen molar-refractivity contribution in [1.29, 1.82) is 0 Å². The van der Waals surface area contributed by atoms with E-state index < -0.39 is 35.3 Å². The predicted molar refractivity (Wildman–Crippen MR) is 160 cm³/mol. The number of amides is 3. The monoisotopic (exact) mass is 589 g/mol. The third-order valence-corrected chi connectivity index (χ3v) is 6.69. The summed E-state index contributed by atoms with van der Waals surface area (Å²) < 4.78 is 9.71. The highest BCUT2D eigenvalue weighted by Crippen LogP contribution is 2.29. The van der Waals surface area contributed by atoms with Crippen molar-refractivity contribution in [2.45, 2.75) is 52.2 Å². The van der Waals surface area contributed by atoms with Gasteiger partial charge in [0.2, 0.25) is 5.91 Å². The van der Waals surface area contributed by atoms with Crippen molar-refractivity contribution in [1.82, 2.24) is 19.7 Å². The Morgan fingerprint density at radius 1 is 1.02 bits per heavy atom. The quantitative estimate of drug-likeness (QED) is 0.198. The number of anilines is 3. The zero-order valence-corrected chi connectivity index (χ0v) is 24.4. The number of ether oxygens (including phenoxy) is 1. The Balaban J connectivity index is 1.48. The average molecular weight is 590 g/mol. The second-order valence-corrected chi connectivity index (χ2v) is 11.2. The van der Waals surface area contributed by atoms with Gasteiger partial charge in [0.15, 0.2) is 0 Å². The summed E-state index contributed by atoms with van der Waals surface area (Å²) >= 11 is 1.11. The van der Waals surface area contributed by atoms with Gasteiger partial charge in [-0.25, -0.2) is 9.78 Å². The second kappa shape index (κ2) is 12.7. The highest BCUT2D eigenvalue weighted by molar-refractivity contribution is 7.10. The van der Waals surface area contributed by atoms with Gasteiger partial charge in [-0.15, -0.1) is 0 Å². The number of nitrogens with two attached hydrogens (primary N) is 1. The maximum absolute atomic E-state index is 13.3. The van der Waals surface area contributed by atoms with Crippen molar-refractivity contribution >= 4 is 62.8 Å². The van der Waals surface area contributed by atoms with Crippen molar-refractivity contribution in [3.05, 3.63) is 71.5 Å². The van der Waals surface area contributed by atoms with Gasteiger partial charge >= 0.3 is 5.97 Å². The van der Waals surface area contributed by atoms with E-state index in [1.165, 1.54) is 12.1 Å². The molecule has 4 rings (SSSR count). The van der Waals surface area contributed by atoms with Crippen LogP contribution in [0.5, 0.6) is 0 Å². The fourth-order valence-electron chi connectivity index (χ4n) is 3.94. The number of fused-ring (bicyclic) bond motifs is 1. The van der Waals surface area contributed by atoms with Gasteiger partial charge in [0.25, 0.3) is 11.8 Å². The van der Waals surface area contributed by atoms with Crippen LogP contribution in [0.25, 0.3) is 11.0 Å². The lowest BCUT2D eigenvalue weighted by molar-refractivity contribution is -0.157. The van der Waals surface area contributed by atoms with E-state index in [4.69, 9.17) is 10.5 Å². The maximum Gasteiger partial charge on any atom is 0.329 e. The van der Waals surface area contributed by atoms with Crippen molar-refractivity contribution in [2.24, 2.45) is 5.73 Å². The standard InChI is InChI=1S/C29H31N7O5S/c1-16-24(27(42-36-16)35-23-15-31-19-10-5-6-11-20(19)33-23)26(39)32-18-9-7-8-17(14-18)25(38)34-21(12-13-22(30)37)28(40)41-29(2,3)4/h5-11,14-15,21H,12-13H2,1-4H3,(H2,30,37)(H,32,39)(H,33,35)(H,34,38)/t21-/m0/s1. The largest absolute Gasteiger partial charge is 0.458 e. The summed E-state index contributed by atoms with van der Waals surface area (Å²) in [4.78, 5) is 59.3. The number of nitrogens with one attached hydrogen (secondary N) is 3. The molecule has 12 nitrogen and oxygen atoms in total. The molecule has 2 aromatic heterocycles. The molecule has 1 atom stereocenters. The Bertz CT molecular complexity index is 1650. The summed E-state index contributed by atoms with van der Waals surface area (Å²) in [6.45, 7) is 6.82. The molecule has 0 aliphatic carbocycles. The molecule has 0 saturated carbocycles. The van der Waals surface area contributed by atoms with E-state index in [-0.39, 0.29) is 18.4 Å². The van der Waals surface area contributed by atoms with Crippen LogP contribution in [0, 0.1) is 6.92 Å². The highest BCUT2D eigenvalue weighted by Gasteiger charge is 2.27. The minimum Gasteiger partial charge on any atom is -0.458 e. The maximum atomic E-state index is 13.3. The number of aromatic nitrogens is 3. The lowest BCUT2D eigenvalue weighted by atomic mass is 10.1. The van der Waals surface area contributed by atoms with Gasteiger partial charge < -0.3 is 26.4 Å². The first-order chi connectivity index (χ1) is 19.9. The molecule has 0 aliphatic heterocycles. The number of aryl methyl sites for hydroxylation is 1. The predicted octanol–water partition coefficient (Wildman–Crippen LogP) is 4.10. The zero-order valence-electron chi connectivity index (χ0n) is 23.6. The minimum atomic E-state index is -1.09. The van der Waals surface area contributed by atoms with E-state index in [1.807, 2.05) is 24.3 Å². The molecule has 0 spiro atoms. The van der Waals surface area contributed by atoms with E-state index >= 15 is 0 Å². The van der Waals surface area contributed by atoms with E-state index in [9.17, 15) is 19.2 Å². The molecule has 0 unspecified atom stereocenters. The molecule has 5 N–H and O–H groups in total. The molecule has 218 valence electrons. The Labute approximate surface area is 246 Å². The van der Waals surface area contributed by atoms with Crippen LogP contribution < -0.4 is 21.7 Å². The molecule has 0 radical (unpaired) electrons. The number of carbonyl (C=O) groups is 4. The number of para-hydroxylation sites is 2. The third-order valence-electron chi connectivity index (χ3n) is 5.84. The summed E-state index contributed by atoms with van der Waals surface area (Å²) in [6.07, 6.45) is 1.44. The van der Waals surface area contributed by atoms with Crippen LogP contribution in [0.4, 0.5) is 16.5 Å². The van der Waals surface area contributed by atoms with Crippen molar-refractivity contribution < 1.29 is 23.9 Å². The van der Waals surface area contributed by atoms with Gasteiger partial charge in [0.1, 0.15) is 22.5 Å². The van der Waals surface area contributed by atoms with Gasteiger partial charge in [-0.3, -0.25) is 19.4 Å². The van der Waals surface area contributed by atoms with Crippen molar-refractivity contribution in [3.63, 3.8) is 0 Å². The fourth-order valence-corrected chi connectivity index (χ4v) is 4.74. The summed E-state index contributed by atoms with van der Waals surface area (Å²) in [5.74, 6) is -1.86. The smallest absolute Gasteiger partial charge is 0.329 e. The van der Waals surface area contributed by atoms with Gasteiger partial charge in [-0.2, -0.15) is 4.37 Å². The van der Waals surface area contributed by atoms with Crippen LogP contribution in [0.1, 0.15) is 60.0 Å². The summed E-state index contributed by atoms with van der Waals surface area (Å²) in [6, 6.07) is 12.6. The van der Waals surface area contributed by atoms with E-state index in [1.54, 1.807) is 46.0 Å². The Hall–Kier alpha value is -4.91. The Kier molecular flexibility index (Phi) is 9.11. The second-order valence-electron chi connectivity index (χ2n) is 10.4. The van der Waals surface area contributed by atoms with Crippen LogP contribution in [-0.4, -0.2) is 49.7 Å². The molecular weight excluding hydrogens is 558 g/mol. The Morgan fingerprint density at radius 3 is 2.48 bits per heavy atom. The summed E-state index contributed by atoms with van der Waals surface area (Å²) in [7, 11) is 0. The lowest BCUT2D eigenvalue weighted by Gasteiger charge is -2.24. The van der Waals surface area contributed by atoms with Gasteiger partial charge in [0, 0.05) is 17.7 Å². The molecule has 0 aliphatic rings. The van der Waals surface area contributed by atoms with Crippen LogP contribution in [0.3, 0.4) is 0 Å². The van der Waals surface area contributed by atoms with Crippen molar-refractivity contribution in [3.8, 4) is 0 Å². The number of carbonyl (C=O) groups excluding carboxylic acids is 4. The molecule has 0 saturated heterocycles. The summed E-state index contributed by atoms with van der Waals surface area (Å²) in [5.41, 5.74) is 7.27. The molecular formula is C29H31N7O5S. The molecule has 0 fully saturated rings. The average Bonchev–Trinajstić information content (AvgIpc) is 3.29. The molecule has 3 amide bonds. The first-order valence-electron chi connectivity index (χ1n) is 13.1. The third kappa shape index (κ3) is 7.85. The number of primary amides is 1. The first kappa shape index (κ1) is 30.1. The molecule has 2 aromatic carbocycles. The molecule has 13 heteroatoms. The number of hydrogen-bond donors (Lipinski definition) is 4. The number of hydrogen-bond acceptors (Lipinski definition) is 10. The topological polar surface area (TPSA) is 178 Å². The van der Waals surface area contributed by atoms with Crippen LogP contribution >= 0.6 is 11.5 Å². The van der Waals surface area contributed by atoms with E-state index in [0.29, 0.717) is 33.3 Å². The zero-order chi connectivity index (χ0) is 30.4. The number of rotatable bonds is 10. The minimum absolute atomic E-state index is 0.0196. The van der Waals surface area contributed by atoms with Gasteiger partial charge in [0.05, 0.1) is 28.5 Å². The molecule has 42 heavy (non-hydrogen) atoms. The lowest BCUT2D eigenvalue weighted by Crippen LogP contribution is -2.44. The summed E-state index contributed by atoms with van der Waals surface area (Å²) in [5, 5.41) is 9.03. The van der Waals surface area contributed by atoms with E-state index in [0.717, 1.165) is 17.0 Å². The molecule has 4 aromatic rings.